The van der Waals surface area contributed by atoms with Crippen molar-refractivity contribution >= 4 is 57.7 Å². The topological polar surface area (TPSA) is 172 Å². The predicted molar refractivity (Wildman–Crippen MR) is 208 cm³/mol. The van der Waals surface area contributed by atoms with Gasteiger partial charge in [0.2, 0.25) is 6.61 Å². The molecule has 13 nitrogen and oxygen atoms in total. The summed E-state index contributed by atoms with van der Waals surface area (Å²) in [6, 6.07) is 30.6. The van der Waals surface area contributed by atoms with Crippen LogP contribution in [0.15, 0.2) is 113 Å². The number of β-lactam (4-membered cyclic amide) rings is 1. The van der Waals surface area contributed by atoms with E-state index in [0.29, 0.717) is 10.7 Å². The summed E-state index contributed by atoms with van der Waals surface area (Å²) in [6.45, 7) is 5.72. The molecular formula is C40H38N6O7S2. The SMILES string of the molecule is CC(=O)OCC1=C(C(=O)OC(C)(C)C)N2C(=O)C(NC(=O)C(=NOCC#N)c3csc(NC(c4ccccc4)(c4ccccc4)c4ccccc4)n3)[C@H]2SC1. The lowest BCUT2D eigenvalue weighted by Gasteiger charge is -2.49. The number of oxime groups is 1. The Balaban J connectivity index is 1.30. The third kappa shape index (κ3) is 8.40. The number of nitriles is 1. The second kappa shape index (κ2) is 16.6. The minimum atomic E-state index is -1.05. The largest absolute Gasteiger partial charge is 0.461 e. The summed E-state index contributed by atoms with van der Waals surface area (Å²) in [5, 5.41) is 20.9. The van der Waals surface area contributed by atoms with Crippen LogP contribution in [0.2, 0.25) is 0 Å². The molecule has 4 aromatic rings. The molecule has 0 radical (unpaired) electrons. The van der Waals surface area contributed by atoms with E-state index in [1.807, 2.05) is 97.1 Å². The highest BCUT2D eigenvalue weighted by atomic mass is 32.2. The molecule has 2 amide bonds. The Hall–Kier alpha value is -5.98. The number of ether oxygens (including phenoxy) is 2. The van der Waals surface area contributed by atoms with Crippen LogP contribution in [-0.2, 0) is 39.0 Å². The summed E-state index contributed by atoms with van der Waals surface area (Å²) < 4.78 is 10.8. The molecule has 6 rings (SSSR count). The number of fused-ring (bicyclic) bond motifs is 1. The average molecular weight is 779 g/mol. The van der Waals surface area contributed by atoms with Crippen molar-refractivity contribution < 1.29 is 33.5 Å². The lowest BCUT2D eigenvalue weighted by atomic mass is 9.77. The number of thiazole rings is 1. The molecule has 3 aromatic carbocycles. The van der Waals surface area contributed by atoms with Gasteiger partial charge >= 0.3 is 11.9 Å². The van der Waals surface area contributed by atoms with Crippen molar-refractivity contribution in [1.29, 1.82) is 5.26 Å². The van der Waals surface area contributed by atoms with Crippen LogP contribution in [0.25, 0.3) is 0 Å². The molecule has 282 valence electrons. The number of esters is 2. The van der Waals surface area contributed by atoms with E-state index in [0.717, 1.165) is 16.7 Å². The zero-order valence-electron chi connectivity index (χ0n) is 30.5. The highest BCUT2D eigenvalue weighted by Crippen LogP contribution is 2.42. The van der Waals surface area contributed by atoms with E-state index in [1.165, 1.54) is 34.9 Å². The molecule has 55 heavy (non-hydrogen) atoms. The monoisotopic (exact) mass is 778 g/mol. The molecule has 15 heteroatoms. The Bertz CT molecular complexity index is 2070. The van der Waals surface area contributed by atoms with Gasteiger partial charge in [-0.15, -0.1) is 23.1 Å². The molecule has 2 N–H and O–H groups in total. The van der Waals surface area contributed by atoms with Gasteiger partial charge in [-0.2, -0.15) is 5.26 Å². The number of carbonyl (C=O) groups is 4. The van der Waals surface area contributed by atoms with Crippen molar-refractivity contribution in [2.45, 2.75) is 50.3 Å². The highest BCUT2D eigenvalue weighted by Gasteiger charge is 2.55. The van der Waals surface area contributed by atoms with Crippen LogP contribution in [0.5, 0.6) is 0 Å². The first kappa shape index (κ1) is 38.7. The third-order valence-corrected chi connectivity index (χ3v) is 10.6. The number of aromatic nitrogens is 1. The summed E-state index contributed by atoms with van der Waals surface area (Å²) in [5.41, 5.74) is 1.36. The quantitative estimate of drug-likeness (QED) is 0.0448. The van der Waals surface area contributed by atoms with Crippen LogP contribution in [0.1, 0.15) is 50.1 Å². The Kier molecular flexibility index (Phi) is 11.7. The van der Waals surface area contributed by atoms with Gasteiger partial charge in [-0.1, -0.05) is 96.2 Å². The van der Waals surface area contributed by atoms with E-state index in [4.69, 9.17) is 24.6 Å². The van der Waals surface area contributed by atoms with Gasteiger partial charge in [0.05, 0.1) is 0 Å². The zero-order chi connectivity index (χ0) is 39.2. The van der Waals surface area contributed by atoms with Crippen LogP contribution in [-0.4, -0.2) is 75.3 Å². The van der Waals surface area contributed by atoms with Gasteiger partial charge in [0, 0.05) is 23.6 Å². The molecule has 1 fully saturated rings. The van der Waals surface area contributed by atoms with E-state index in [9.17, 15) is 19.2 Å². The fourth-order valence-electron chi connectivity index (χ4n) is 6.22. The van der Waals surface area contributed by atoms with E-state index < -0.39 is 52.9 Å². The minimum Gasteiger partial charge on any atom is -0.461 e. The summed E-state index contributed by atoms with van der Waals surface area (Å²) in [7, 11) is 0. The number of benzene rings is 3. The normalized spacial score (nSPS) is 17.0. The third-order valence-electron chi connectivity index (χ3n) is 8.54. The van der Waals surface area contributed by atoms with Crippen LogP contribution >= 0.6 is 23.1 Å². The van der Waals surface area contributed by atoms with E-state index in [-0.39, 0.29) is 29.5 Å². The number of carbonyl (C=O) groups excluding carboxylic acids is 4. The van der Waals surface area contributed by atoms with Crippen LogP contribution in [0, 0.1) is 11.3 Å². The van der Waals surface area contributed by atoms with Gasteiger partial charge in [0.1, 0.15) is 46.6 Å². The molecule has 0 saturated carbocycles. The standard InChI is InChI=1S/C40H38N6O7S2/c1-25(47)51-22-26-23-54-36-32(35(49)46(36)33(26)37(50)53-39(2,3)4)43-34(48)31(45-52-21-20-41)30-24-55-38(42-30)44-40(27-14-8-5-9-15-27,28-16-10-6-11-17-28)29-18-12-7-13-19-29/h5-19,24,32,36H,21-23H2,1-4H3,(H,42,44)(H,43,48)/t32?,36-/m1/s1. The molecular weight excluding hydrogens is 741 g/mol. The van der Waals surface area contributed by atoms with Gasteiger partial charge < -0.3 is 24.9 Å². The smallest absolute Gasteiger partial charge is 0.355 e. The number of hydrogen-bond acceptors (Lipinski definition) is 13. The van der Waals surface area contributed by atoms with Crippen molar-refractivity contribution in [3.8, 4) is 6.07 Å². The number of nitrogens with one attached hydrogen (secondary N) is 2. The molecule has 0 bridgehead atoms. The first-order valence-corrected chi connectivity index (χ1v) is 19.2. The van der Waals surface area contributed by atoms with Gasteiger partial charge in [0.15, 0.2) is 10.8 Å². The number of amides is 2. The number of thioether (sulfide) groups is 1. The number of nitrogens with zero attached hydrogens (tertiary/aromatic N) is 4. The Labute approximate surface area is 326 Å². The first-order valence-electron chi connectivity index (χ1n) is 17.2. The van der Waals surface area contributed by atoms with Crippen molar-refractivity contribution in [1.82, 2.24) is 15.2 Å². The summed E-state index contributed by atoms with van der Waals surface area (Å²) in [4.78, 5) is 63.8. The second-order valence-corrected chi connectivity index (χ2v) is 15.4. The molecule has 0 aliphatic carbocycles. The van der Waals surface area contributed by atoms with Crippen molar-refractivity contribution in [3.05, 3.63) is 130 Å². The molecule has 2 aliphatic rings. The number of anilines is 1. The summed E-state index contributed by atoms with van der Waals surface area (Å²) in [5.74, 6) is -2.39. The van der Waals surface area contributed by atoms with Gasteiger partial charge in [-0.05, 0) is 37.5 Å². The fourth-order valence-corrected chi connectivity index (χ4v) is 8.30. The van der Waals surface area contributed by atoms with Crippen molar-refractivity contribution in [2.75, 3.05) is 24.3 Å². The maximum Gasteiger partial charge on any atom is 0.355 e. The van der Waals surface area contributed by atoms with Crippen LogP contribution in [0.4, 0.5) is 5.13 Å². The summed E-state index contributed by atoms with van der Waals surface area (Å²) >= 11 is 2.54. The Morgan fingerprint density at radius 1 is 0.964 bits per heavy atom. The van der Waals surface area contributed by atoms with Gasteiger partial charge in [-0.3, -0.25) is 19.3 Å². The van der Waals surface area contributed by atoms with E-state index in [2.05, 4.69) is 15.8 Å². The first-order chi connectivity index (χ1) is 26.4. The molecule has 0 spiro atoms. The van der Waals surface area contributed by atoms with E-state index >= 15 is 0 Å². The maximum absolute atomic E-state index is 14.0. The van der Waals surface area contributed by atoms with E-state index in [1.54, 1.807) is 26.2 Å². The Morgan fingerprint density at radius 3 is 2.07 bits per heavy atom. The lowest BCUT2D eigenvalue weighted by Crippen LogP contribution is -2.71. The zero-order valence-corrected chi connectivity index (χ0v) is 32.1. The average Bonchev–Trinajstić information content (AvgIpc) is 3.64. The Morgan fingerprint density at radius 2 is 1.55 bits per heavy atom. The van der Waals surface area contributed by atoms with Crippen molar-refractivity contribution in [3.63, 3.8) is 0 Å². The fraction of sp³-hybridized carbons (Fsp3) is 0.275. The number of hydrogen-bond donors (Lipinski definition) is 2. The summed E-state index contributed by atoms with van der Waals surface area (Å²) in [6.07, 6.45) is 0. The van der Waals surface area contributed by atoms with Gasteiger partial charge in [0.25, 0.3) is 11.8 Å². The van der Waals surface area contributed by atoms with Crippen LogP contribution < -0.4 is 10.6 Å². The minimum absolute atomic E-state index is 0.0179. The molecule has 3 heterocycles. The lowest BCUT2D eigenvalue weighted by molar-refractivity contribution is -0.159. The van der Waals surface area contributed by atoms with Crippen molar-refractivity contribution in [2.24, 2.45) is 5.16 Å². The maximum atomic E-state index is 14.0. The predicted octanol–water partition coefficient (Wildman–Crippen LogP) is 5.35. The molecule has 2 atom stereocenters. The highest BCUT2D eigenvalue weighted by molar-refractivity contribution is 8.00. The molecule has 1 aromatic heterocycles. The molecule has 1 saturated heterocycles. The molecule has 1 unspecified atom stereocenters. The number of rotatable bonds is 13. The van der Waals surface area contributed by atoms with Crippen LogP contribution in [0.3, 0.4) is 0 Å². The molecule has 2 aliphatic heterocycles. The van der Waals surface area contributed by atoms with Gasteiger partial charge in [-0.25, -0.2) is 9.78 Å². The second-order valence-electron chi connectivity index (χ2n) is 13.5.